The number of amides is 1. The van der Waals surface area contributed by atoms with Crippen LogP contribution in [0, 0.1) is 12.9 Å². The van der Waals surface area contributed by atoms with E-state index >= 15 is 0 Å². The molecule has 142 valence electrons. The summed E-state index contributed by atoms with van der Waals surface area (Å²) < 4.78 is 26.2. The van der Waals surface area contributed by atoms with Gasteiger partial charge in [-0.15, -0.1) is 0 Å². The topological polar surface area (TPSA) is 81.7 Å². The Kier molecular flexibility index (Phi) is 4.52. The molecule has 1 N–H and O–H groups in total. The number of methoxy groups -OCH3 is 1. The average Bonchev–Trinajstić information content (AvgIpc) is 3.31. The van der Waals surface area contributed by atoms with Crippen LogP contribution in [0.5, 0.6) is 5.75 Å². The van der Waals surface area contributed by atoms with Crippen LogP contribution in [0.25, 0.3) is 17.0 Å². The Morgan fingerprint density at radius 2 is 2.14 bits per heavy atom. The van der Waals surface area contributed by atoms with Crippen molar-refractivity contribution in [1.82, 2.24) is 19.9 Å². The third-order valence-electron chi connectivity index (χ3n) is 4.28. The quantitative estimate of drug-likeness (QED) is 0.574. The van der Waals surface area contributed by atoms with Crippen LogP contribution in [0.3, 0.4) is 0 Å². The maximum atomic E-state index is 14.4. The highest BCUT2D eigenvalue weighted by atomic mass is 19.1. The fraction of sp³-hybridized carbons (Fsp3) is 0.150. The van der Waals surface area contributed by atoms with Crippen molar-refractivity contribution in [2.45, 2.75) is 13.5 Å². The van der Waals surface area contributed by atoms with Gasteiger partial charge in [0.1, 0.15) is 17.1 Å². The summed E-state index contributed by atoms with van der Waals surface area (Å²) in [5.74, 6) is -0.0895. The second kappa shape index (κ2) is 7.15. The zero-order chi connectivity index (χ0) is 19.7. The largest absolute Gasteiger partial charge is 0.497 e. The second-order valence-corrected chi connectivity index (χ2v) is 6.28. The molecule has 0 aliphatic heterocycles. The summed E-state index contributed by atoms with van der Waals surface area (Å²) in [6.07, 6.45) is 1.54. The highest BCUT2D eigenvalue weighted by Crippen LogP contribution is 2.24. The molecule has 0 spiro atoms. The van der Waals surface area contributed by atoms with E-state index < -0.39 is 11.9 Å². The molecule has 7 nitrogen and oxygen atoms in total. The molecule has 4 rings (SSSR count). The second-order valence-electron chi connectivity index (χ2n) is 6.28. The van der Waals surface area contributed by atoms with E-state index in [-0.39, 0.29) is 12.2 Å². The number of aryl methyl sites for hydroxylation is 1. The van der Waals surface area contributed by atoms with E-state index in [1.165, 1.54) is 4.40 Å². The Morgan fingerprint density at radius 1 is 1.29 bits per heavy atom. The Bertz CT molecular complexity index is 1170. The Hall–Kier alpha value is -3.68. The molecule has 0 saturated carbocycles. The van der Waals surface area contributed by atoms with Gasteiger partial charge in [-0.2, -0.15) is 4.39 Å². The van der Waals surface area contributed by atoms with Crippen molar-refractivity contribution < 1.29 is 18.4 Å². The van der Waals surface area contributed by atoms with E-state index in [1.54, 1.807) is 31.5 Å². The van der Waals surface area contributed by atoms with Crippen molar-refractivity contribution in [3.63, 3.8) is 0 Å². The van der Waals surface area contributed by atoms with Crippen LogP contribution in [0.2, 0.25) is 0 Å². The van der Waals surface area contributed by atoms with Crippen molar-refractivity contribution in [2.75, 3.05) is 7.11 Å². The molecule has 0 atom stereocenters. The van der Waals surface area contributed by atoms with Crippen LogP contribution in [-0.2, 0) is 6.54 Å². The van der Waals surface area contributed by atoms with Crippen LogP contribution >= 0.6 is 0 Å². The molecule has 8 heteroatoms. The average molecular weight is 380 g/mol. The number of nitrogens with one attached hydrogen (secondary N) is 1. The summed E-state index contributed by atoms with van der Waals surface area (Å²) in [6, 6.07) is 12.5. The zero-order valence-corrected chi connectivity index (χ0v) is 15.3. The Balaban J connectivity index is 1.48. The van der Waals surface area contributed by atoms with Crippen molar-refractivity contribution in [3.05, 3.63) is 71.6 Å². The number of pyridine rings is 1. The van der Waals surface area contributed by atoms with Gasteiger partial charge in [-0.3, -0.25) is 9.20 Å². The standard InChI is InChI=1S/C20H17FN4O3/c1-12-6-7-25-17(8-12)23-18(19(25)21)20(26)22-11-14-10-16(28-24-14)13-4-3-5-15(9-13)27-2/h3-10H,11H2,1-2H3,(H,22,26). The number of benzene rings is 1. The first-order valence-corrected chi connectivity index (χ1v) is 8.57. The van der Waals surface area contributed by atoms with Crippen LogP contribution < -0.4 is 10.1 Å². The van der Waals surface area contributed by atoms with Gasteiger partial charge in [0.15, 0.2) is 11.5 Å². The third kappa shape index (κ3) is 3.32. The number of rotatable bonds is 5. The van der Waals surface area contributed by atoms with Gasteiger partial charge in [-0.1, -0.05) is 17.3 Å². The molecular formula is C20H17FN4O3. The lowest BCUT2D eigenvalue weighted by molar-refractivity contribution is 0.0941. The Labute approximate surface area is 159 Å². The van der Waals surface area contributed by atoms with E-state index in [9.17, 15) is 9.18 Å². The van der Waals surface area contributed by atoms with Crippen molar-refractivity contribution >= 4 is 11.6 Å². The van der Waals surface area contributed by atoms with E-state index in [1.807, 2.05) is 31.2 Å². The van der Waals surface area contributed by atoms with E-state index in [0.717, 1.165) is 11.1 Å². The van der Waals surface area contributed by atoms with E-state index in [2.05, 4.69) is 15.5 Å². The van der Waals surface area contributed by atoms with Gasteiger partial charge < -0.3 is 14.6 Å². The minimum absolute atomic E-state index is 0.0820. The first kappa shape index (κ1) is 17.7. The number of imidazole rings is 1. The smallest absolute Gasteiger partial charge is 0.275 e. The van der Waals surface area contributed by atoms with Crippen molar-refractivity contribution in [1.29, 1.82) is 0 Å². The van der Waals surface area contributed by atoms with Gasteiger partial charge in [0.25, 0.3) is 5.91 Å². The summed E-state index contributed by atoms with van der Waals surface area (Å²) in [4.78, 5) is 16.4. The maximum Gasteiger partial charge on any atom is 0.275 e. The van der Waals surface area contributed by atoms with E-state index in [4.69, 9.17) is 9.26 Å². The number of carbonyl (C=O) groups excluding carboxylic acids is 1. The summed E-state index contributed by atoms with van der Waals surface area (Å²) >= 11 is 0. The number of fused-ring (bicyclic) bond motifs is 1. The number of carbonyl (C=O) groups is 1. The number of hydrogen-bond acceptors (Lipinski definition) is 5. The van der Waals surface area contributed by atoms with Crippen LogP contribution in [0.1, 0.15) is 21.7 Å². The van der Waals surface area contributed by atoms with Crippen LogP contribution in [-0.4, -0.2) is 27.6 Å². The SMILES string of the molecule is COc1cccc(-c2cc(CNC(=O)c3nc4cc(C)ccn4c3F)no2)c1. The van der Waals surface area contributed by atoms with Gasteiger partial charge in [-0.05, 0) is 36.8 Å². The fourth-order valence-corrected chi connectivity index (χ4v) is 2.82. The lowest BCUT2D eigenvalue weighted by atomic mass is 10.1. The summed E-state index contributed by atoms with van der Waals surface area (Å²) in [7, 11) is 1.58. The minimum Gasteiger partial charge on any atom is -0.497 e. The molecule has 1 amide bonds. The summed E-state index contributed by atoms with van der Waals surface area (Å²) in [6.45, 7) is 1.95. The molecule has 4 aromatic rings. The molecule has 0 aliphatic carbocycles. The lowest BCUT2D eigenvalue weighted by Crippen LogP contribution is -2.24. The normalized spacial score (nSPS) is 11.0. The molecule has 3 aromatic heterocycles. The van der Waals surface area contributed by atoms with Gasteiger partial charge in [0.2, 0.25) is 5.95 Å². The first-order chi connectivity index (χ1) is 13.5. The molecule has 0 aliphatic rings. The number of halogens is 1. The van der Waals surface area contributed by atoms with Gasteiger partial charge in [0.05, 0.1) is 13.7 Å². The van der Waals surface area contributed by atoms with Crippen molar-refractivity contribution in [3.8, 4) is 17.1 Å². The molecule has 0 bridgehead atoms. The monoisotopic (exact) mass is 380 g/mol. The van der Waals surface area contributed by atoms with Gasteiger partial charge in [0, 0.05) is 17.8 Å². The summed E-state index contributed by atoms with van der Waals surface area (Å²) in [5, 5.41) is 6.56. The molecule has 0 saturated heterocycles. The highest BCUT2D eigenvalue weighted by Gasteiger charge is 2.19. The van der Waals surface area contributed by atoms with Crippen molar-refractivity contribution in [2.24, 2.45) is 0 Å². The summed E-state index contributed by atoms with van der Waals surface area (Å²) in [5.41, 5.74) is 2.35. The van der Waals surface area contributed by atoms with Crippen LogP contribution in [0.4, 0.5) is 4.39 Å². The molecule has 0 unspecified atom stereocenters. The molecule has 3 heterocycles. The molecule has 28 heavy (non-hydrogen) atoms. The molecule has 0 radical (unpaired) electrons. The predicted molar refractivity (Wildman–Crippen MR) is 99.5 cm³/mol. The zero-order valence-electron chi connectivity index (χ0n) is 15.3. The first-order valence-electron chi connectivity index (χ1n) is 8.57. The molecule has 1 aromatic carbocycles. The predicted octanol–water partition coefficient (Wildman–Crippen LogP) is 3.38. The van der Waals surface area contributed by atoms with Gasteiger partial charge >= 0.3 is 0 Å². The third-order valence-corrected chi connectivity index (χ3v) is 4.28. The lowest BCUT2D eigenvalue weighted by Gasteiger charge is -2.00. The molecule has 0 fully saturated rings. The highest BCUT2D eigenvalue weighted by molar-refractivity contribution is 5.93. The Morgan fingerprint density at radius 3 is 2.96 bits per heavy atom. The molecular weight excluding hydrogens is 363 g/mol. The number of aromatic nitrogens is 3. The number of ether oxygens (including phenoxy) is 1. The van der Waals surface area contributed by atoms with E-state index in [0.29, 0.717) is 22.9 Å². The minimum atomic E-state index is -0.704. The number of hydrogen-bond donors (Lipinski definition) is 1. The van der Waals surface area contributed by atoms with Gasteiger partial charge in [-0.25, -0.2) is 4.98 Å². The number of nitrogens with zero attached hydrogens (tertiary/aromatic N) is 3. The maximum absolute atomic E-state index is 14.4. The fourth-order valence-electron chi connectivity index (χ4n) is 2.82. The van der Waals surface area contributed by atoms with Crippen LogP contribution in [0.15, 0.2) is 53.2 Å².